The van der Waals surface area contributed by atoms with Gasteiger partial charge in [0.15, 0.2) is 5.82 Å². The quantitative estimate of drug-likeness (QED) is 0.536. The van der Waals surface area contributed by atoms with Gasteiger partial charge in [-0.25, -0.2) is 21.2 Å². The van der Waals surface area contributed by atoms with Crippen molar-refractivity contribution >= 4 is 48.9 Å². The molecule has 33 heavy (non-hydrogen) atoms. The van der Waals surface area contributed by atoms with E-state index in [2.05, 4.69) is 0 Å². The number of sulfonamides is 2. The lowest BCUT2D eigenvalue weighted by Crippen LogP contribution is -2.49. The van der Waals surface area contributed by atoms with Gasteiger partial charge in [0.1, 0.15) is 4.90 Å². The first-order valence-corrected chi connectivity index (χ1v) is 14.3. The molecule has 2 aromatic carbocycles. The van der Waals surface area contributed by atoms with Crippen LogP contribution in [0.1, 0.15) is 19.4 Å². The van der Waals surface area contributed by atoms with Gasteiger partial charge < -0.3 is 4.90 Å². The molecule has 0 aromatic heterocycles. The molecule has 1 aliphatic heterocycles. The van der Waals surface area contributed by atoms with Crippen LogP contribution in [0.4, 0.5) is 10.1 Å². The zero-order valence-electron chi connectivity index (χ0n) is 18.5. The van der Waals surface area contributed by atoms with E-state index in [9.17, 15) is 16.8 Å². The number of rotatable bonds is 7. The molecule has 0 bridgehead atoms. The van der Waals surface area contributed by atoms with Gasteiger partial charge in [0, 0.05) is 44.3 Å². The van der Waals surface area contributed by atoms with E-state index in [4.69, 9.17) is 23.2 Å². The van der Waals surface area contributed by atoms with Gasteiger partial charge in [-0.2, -0.15) is 8.61 Å². The van der Waals surface area contributed by atoms with Gasteiger partial charge in [-0.1, -0.05) is 41.4 Å². The molecule has 0 atom stereocenters. The second-order valence-corrected chi connectivity index (χ2v) is 12.7. The molecule has 7 nitrogen and oxygen atoms in total. The van der Waals surface area contributed by atoms with Gasteiger partial charge in [-0.3, -0.25) is 0 Å². The first kappa shape index (κ1) is 26.2. The number of halogens is 3. The average Bonchev–Trinajstić information content (AvgIpc) is 2.71. The molecule has 0 spiro atoms. The van der Waals surface area contributed by atoms with Crippen molar-refractivity contribution in [1.29, 1.82) is 0 Å². The maximum absolute atomic E-state index is 15.3. The van der Waals surface area contributed by atoms with E-state index in [0.717, 1.165) is 6.26 Å². The lowest BCUT2D eigenvalue weighted by molar-refractivity contribution is 0.345. The van der Waals surface area contributed by atoms with Gasteiger partial charge in [-0.15, -0.1) is 0 Å². The van der Waals surface area contributed by atoms with Crippen LogP contribution in [-0.2, 0) is 26.6 Å². The normalized spacial score (nSPS) is 16.1. The minimum Gasteiger partial charge on any atom is -0.367 e. The Morgan fingerprint density at radius 2 is 1.52 bits per heavy atom. The van der Waals surface area contributed by atoms with Crippen LogP contribution in [0.15, 0.2) is 41.3 Å². The highest BCUT2D eigenvalue weighted by atomic mass is 35.5. The van der Waals surface area contributed by atoms with Crippen LogP contribution in [-0.4, -0.2) is 63.9 Å². The number of benzene rings is 2. The van der Waals surface area contributed by atoms with Crippen molar-refractivity contribution in [3.8, 4) is 0 Å². The molecule has 1 fully saturated rings. The van der Waals surface area contributed by atoms with Crippen molar-refractivity contribution in [2.75, 3.05) is 37.3 Å². The summed E-state index contributed by atoms with van der Waals surface area (Å²) in [5, 5.41) is 0.0912. The zero-order chi connectivity index (χ0) is 24.6. The van der Waals surface area contributed by atoms with Gasteiger partial charge in [0.25, 0.3) is 0 Å². The molecule has 182 valence electrons. The van der Waals surface area contributed by atoms with E-state index in [1.807, 2.05) is 0 Å². The Morgan fingerprint density at radius 3 is 2.03 bits per heavy atom. The molecular weight excluding hydrogens is 512 g/mol. The monoisotopic (exact) mass is 537 g/mol. The number of hydrogen-bond donors (Lipinski definition) is 0. The third kappa shape index (κ3) is 5.63. The number of nitrogens with zero attached hydrogens (tertiary/aromatic N) is 3. The van der Waals surface area contributed by atoms with E-state index < -0.39 is 25.9 Å². The lowest BCUT2D eigenvalue weighted by atomic mass is 10.1. The third-order valence-electron chi connectivity index (χ3n) is 5.48. The lowest BCUT2D eigenvalue weighted by Gasteiger charge is -2.36. The number of piperazine rings is 1. The van der Waals surface area contributed by atoms with Crippen molar-refractivity contribution in [2.24, 2.45) is 0 Å². The Morgan fingerprint density at radius 1 is 0.970 bits per heavy atom. The Bertz CT molecular complexity index is 1210. The van der Waals surface area contributed by atoms with Crippen molar-refractivity contribution in [2.45, 2.75) is 31.3 Å². The van der Waals surface area contributed by atoms with Crippen molar-refractivity contribution in [3.05, 3.63) is 57.8 Å². The van der Waals surface area contributed by atoms with E-state index in [1.54, 1.807) is 43.0 Å². The average molecular weight is 538 g/mol. The predicted molar refractivity (Wildman–Crippen MR) is 129 cm³/mol. The third-order valence-corrected chi connectivity index (χ3v) is 9.74. The van der Waals surface area contributed by atoms with Crippen LogP contribution in [0.5, 0.6) is 0 Å². The summed E-state index contributed by atoms with van der Waals surface area (Å²) >= 11 is 12.2. The number of anilines is 1. The highest BCUT2D eigenvalue weighted by molar-refractivity contribution is 7.89. The maximum atomic E-state index is 15.3. The van der Waals surface area contributed by atoms with E-state index >= 15 is 4.39 Å². The summed E-state index contributed by atoms with van der Waals surface area (Å²) in [5.74, 6) is -0.516. The molecule has 3 rings (SSSR count). The standard InChI is InChI=1S/C21H26Cl2FN3O4S2/c1-15(2)27(32(3,28)29)14-16-6-4-9-19(20(16)24)25-10-12-26(13-11-25)33(30,31)21-17(22)7-5-8-18(21)23/h4-9,15H,10-14H2,1-3H3. The molecule has 0 saturated carbocycles. The second kappa shape index (κ2) is 10.1. The van der Waals surface area contributed by atoms with Crippen LogP contribution in [0.3, 0.4) is 0 Å². The predicted octanol–water partition coefficient (Wildman–Crippen LogP) is 3.81. The summed E-state index contributed by atoms with van der Waals surface area (Å²) in [4.78, 5) is 1.61. The summed E-state index contributed by atoms with van der Waals surface area (Å²) in [6.45, 7) is 4.12. The minimum absolute atomic E-state index is 0.0456. The molecule has 0 unspecified atom stereocenters. The van der Waals surface area contributed by atoms with Gasteiger partial charge >= 0.3 is 0 Å². The SMILES string of the molecule is CC(C)N(Cc1cccc(N2CCN(S(=O)(=O)c3c(Cl)cccc3Cl)CC2)c1F)S(C)(=O)=O. The highest BCUT2D eigenvalue weighted by Gasteiger charge is 2.33. The van der Waals surface area contributed by atoms with Gasteiger partial charge in [-0.05, 0) is 32.0 Å². The molecule has 1 saturated heterocycles. The van der Waals surface area contributed by atoms with Crippen molar-refractivity contribution < 1.29 is 21.2 Å². The zero-order valence-corrected chi connectivity index (χ0v) is 21.6. The van der Waals surface area contributed by atoms with Gasteiger partial charge in [0.05, 0.1) is 22.0 Å². The Kier molecular flexibility index (Phi) is 7.97. The fourth-order valence-electron chi connectivity index (χ4n) is 3.81. The van der Waals surface area contributed by atoms with Crippen LogP contribution < -0.4 is 4.90 Å². The summed E-state index contributed by atoms with van der Waals surface area (Å²) in [5.41, 5.74) is 0.557. The topological polar surface area (TPSA) is 78.0 Å². The van der Waals surface area contributed by atoms with Crippen molar-refractivity contribution in [1.82, 2.24) is 8.61 Å². The summed E-state index contributed by atoms with van der Waals surface area (Å²) in [6, 6.07) is 9.01. The molecule has 0 N–H and O–H groups in total. The summed E-state index contributed by atoms with van der Waals surface area (Å²) in [6.07, 6.45) is 1.10. The Balaban J connectivity index is 1.80. The highest BCUT2D eigenvalue weighted by Crippen LogP contribution is 2.33. The molecule has 12 heteroatoms. The van der Waals surface area contributed by atoms with E-state index in [1.165, 1.54) is 20.7 Å². The molecule has 1 aliphatic rings. The maximum Gasteiger partial charge on any atom is 0.246 e. The van der Waals surface area contributed by atoms with E-state index in [0.29, 0.717) is 5.69 Å². The molecule has 0 amide bonds. The fourth-order valence-corrected chi connectivity index (χ4v) is 7.46. The largest absolute Gasteiger partial charge is 0.367 e. The summed E-state index contributed by atoms with van der Waals surface area (Å²) in [7, 11) is -7.43. The van der Waals surface area contributed by atoms with Crippen LogP contribution in [0.25, 0.3) is 0 Å². The Labute approximate surface area is 204 Å². The first-order chi connectivity index (χ1) is 15.3. The minimum atomic E-state index is -3.91. The van der Waals surface area contributed by atoms with Crippen LogP contribution in [0, 0.1) is 5.82 Å². The molecule has 1 heterocycles. The van der Waals surface area contributed by atoms with Crippen LogP contribution in [0.2, 0.25) is 10.0 Å². The smallest absolute Gasteiger partial charge is 0.246 e. The van der Waals surface area contributed by atoms with Gasteiger partial charge in [0.2, 0.25) is 20.0 Å². The number of hydrogen-bond acceptors (Lipinski definition) is 5. The molecule has 0 aliphatic carbocycles. The molecule has 0 radical (unpaired) electrons. The second-order valence-electron chi connectivity index (χ2n) is 8.09. The van der Waals surface area contributed by atoms with Crippen molar-refractivity contribution in [3.63, 3.8) is 0 Å². The molecule has 2 aromatic rings. The molecular formula is C21H26Cl2FN3O4S2. The summed E-state index contributed by atoms with van der Waals surface area (Å²) < 4.78 is 68.2. The van der Waals surface area contributed by atoms with Crippen LogP contribution >= 0.6 is 23.2 Å². The Hall–Kier alpha value is -1.43. The first-order valence-electron chi connectivity index (χ1n) is 10.3. The fraction of sp³-hybridized carbons (Fsp3) is 0.429. The van der Waals surface area contributed by atoms with E-state index in [-0.39, 0.29) is 59.3 Å².